The predicted octanol–water partition coefficient (Wildman–Crippen LogP) is 3.46. The van der Waals surface area contributed by atoms with Gasteiger partial charge in [-0.25, -0.2) is 23.8 Å². The summed E-state index contributed by atoms with van der Waals surface area (Å²) in [6, 6.07) is 12.7. The molecule has 5 rings (SSSR count). The minimum atomic E-state index is -0.951. The standard InChI is InChI=1S/C25H24FN7O3/c26-18-9-7-17(8-10-18)24(34)28-12-15-3-5-16(6-4-15)21-20-22(27)29-14-30-23(20)33(31-21)19-2-1-11-32(13-19)25(35)36/h3-10,14,19H,1-2,11-13H2,(H,28,34)(H,35,36)(H2,27,29,30)/t19-/m1/s1. The fraction of sp³-hybridized carbons (Fsp3) is 0.240. The molecule has 1 fully saturated rings. The Morgan fingerprint density at radius 3 is 2.58 bits per heavy atom. The number of benzene rings is 2. The van der Waals surface area contributed by atoms with Gasteiger partial charge in [0, 0.05) is 30.8 Å². The van der Waals surface area contributed by atoms with Gasteiger partial charge in [-0.2, -0.15) is 5.10 Å². The molecule has 10 nitrogen and oxygen atoms in total. The Kier molecular flexibility index (Phi) is 6.19. The number of anilines is 1. The third-order valence-corrected chi connectivity index (χ3v) is 6.32. The Bertz CT molecular complexity index is 1420. The number of amides is 2. The molecule has 0 spiro atoms. The minimum absolute atomic E-state index is 0.165. The van der Waals surface area contributed by atoms with Crippen molar-refractivity contribution in [1.82, 2.24) is 30.0 Å². The van der Waals surface area contributed by atoms with E-state index in [-0.39, 0.29) is 11.9 Å². The van der Waals surface area contributed by atoms with E-state index < -0.39 is 11.9 Å². The summed E-state index contributed by atoms with van der Waals surface area (Å²) in [5.74, 6) is -0.398. The van der Waals surface area contributed by atoms with Crippen LogP contribution in [0, 0.1) is 5.82 Å². The maximum absolute atomic E-state index is 13.1. The summed E-state index contributed by atoms with van der Waals surface area (Å²) in [6.45, 7) is 1.11. The van der Waals surface area contributed by atoms with E-state index in [0.717, 1.165) is 24.0 Å². The molecular formula is C25H24FN7O3. The summed E-state index contributed by atoms with van der Waals surface area (Å²) in [7, 11) is 0. The monoisotopic (exact) mass is 489 g/mol. The van der Waals surface area contributed by atoms with Gasteiger partial charge in [-0.3, -0.25) is 4.79 Å². The summed E-state index contributed by atoms with van der Waals surface area (Å²) in [5.41, 5.74) is 9.42. The molecule has 2 amide bonds. The first-order chi connectivity index (χ1) is 17.4. The molecule has 1 aliphatic rings. The van der Waals surface area contributed by atoms with Crippen LogP contribution in [0.5, 0.6) is 0 Å². The Morgan fingerprint density at radius 1 is 1.11 bits per heavy atom. The van der Waals surface area contributed by atoms with Gasteiger partial charge in [0.1, 0.15) is 23.7 Å². The van der Waals surface area contributed by atoms with Crippen LogP contribution in [-0.4, -0.2) is 54.8 Å². The van der Waals surface area contributed by atoms with Crippen LogP contribution in [-0.2, 0) is 6.54 Å². The zero-order valence-corrected chi connectivity index (χ0v) is 19.3. The van der Waals surface area contributed by atoms with Crippen molar-refractivity contribution >= 4 is 28.9 Å². The molecule has 36 heavy (non-hydrogen) atoms. The highest BCUT2D eigenvalue weighted by atomic mass is 19.1. The first kappa shape index (κ1) is 23.2. The second-order valence-corrected chi connectivity index (χ2v) is 8.66. The third kappa shape index (κ3) is 4.54. The van der Waals surface area contributed by atoms with Crippen LogP contribution in [0.25, 0.3) is 22.3 Å². The fourth-order valence-electron chi connectivity index (χ4n) is 4.45. The predicted molar refractivity (Wildman–Crippen MR) is 131 cm³/mol. The number of carbonyl (C=O) groups excluding carboxylic acids is 1. The van der Waals surface area contributed by atoms with E-state index in [4.69, 9.17) is 10.8 Å². The third-order valence-electron chi connectivity index (χ3n) is 6.32. The zero-order chi connectivity index (χ0) is 25.2. The number of piperidine rings is 1. The number of likely N-dealkylation sites (tertiary alicyclic amines) is 1. The van der Waals surface area contributed by atoms with Crippen molar-refractivity contribution in [3.8, 4) is 11.3 Å². The molecule has 0 unspecified atom stereocenters. The molecule has 0 bridgehead atoms. The molecule has 0 saturated carbocycles. The average molecular weight is 490 g/mol. The number of halogens is 1. The fourth-order valence-corrected chi connectivity index (χ4v) is 4.45. The largest absolute Gasteiger partial charge is 0.465 e. The van der Waals surface area contributed by atoms with Gasteiger partial charge in [0.15, 0.2) is 5.65 Å². The average Bonchev–Trinajstić information content (AvgIpc) is 3.29. The number of carboxylic acid groups (broad SMARTS) is 1. The maximum atomic E-state index is 13.1. The number of nitrogen functional groups attached to an aromatic ring is 1. The smallest absolute Gasteiger partial charge is 0.407 e. The second-order valence-electron chi connectivity index (χ2n) is 8.66. The minimum Gasteiger partial charge on any atom is -0.465 e. The number of hydrogen-bond acceptors (Lipinski definition) is 6. The van der Waals surface area contributed by atoms with E-state index in [9.17, 15) is 19.1 Å². The molecule has 1 saturated heterocycles. The van der Waals surface area contributed by atoms with Gasteiger partial charge in [-0.1, -0.05) is 24.3 Å². The molecule has 1 atom stereocenters. The lowest BCUT2D eigenvalue weighted by Crippen LogP contribution is -2.40. The summed E-state index contributed by atoms with van der Waals surface area (Å²) < 4.78 is 14.8. The summed E-state index contributed by atoms with van der Waals surface area (Å²) in [4.78, 5) is 33.7. The van der Waals surface area contributed by atoms with Gasteiger partial charge < -0.3 is 21.1 Å². The van der Waals surface area contributed by atoms with Gasteiger partial charge in [0.2, 0.25) is 0 Å². The van der Waals surface area contributed by atoms with Crippen molar-refractivity contribution < 1.29 is 19.1 Å². The van der Waals surface area contributed by atoms with Crippen LogP contribution in [0.4, 0.5) is 15.0 Å². The lowest BCUT2D eigenvalue weighted by molar-refractivity contribution is 0.0950. The van der Waals surface area contributed by atoms with Gasteiger partial charge in [-0.15, -0.1) is 0 Å². The number of rotatable bonds is 5. The van der Waals surface area contributed by atoms with Crippen LogP contribution < -0.4 is 11.1 Å². The van der Waals surface area contributed by atoms with E-state index in [0.29, 0.717) is 47.7 Å². The topological polar surface area (TPSA) is 139 Å². The first-order valence-electron chi connectivity index (χ1n) is 11.5. The Hall–Kier alpha value is -4.54. The lowest BCUT2D eigenvalue weighted by Gasteiger charge is -2.30. The number of carbonyl (C=O) groups is 2. The molecule has 3 heterocycles. The lowest BCUT2D eigenvalue weighted by atomic mass is 10.1. The van der Waals surface area contributed by atoms with Crippen molar-refractivity contribution in [2.45, 2.75) is 25.4 Å². The molecule has 2 aromatic carbocycles. The molecule has 4 N–H and O–H groups in total. The maximum Gasteiger partial charge on any atom is 0.407 e. The van der Waals surface area contributed by atoms with E-state index >= 15 is 0 Å². The molecule has 11 heteroatoms. The highest BCUT2D eigenvalue weighted by Gasteiger charge is 2.28. The highest BCUT2D eigenvalue weighted by molar-refractivity contribution is 5.98. The summed E-state index contributed by atoms with van der Waals surface area (Å²) in [5, 5.41) is 17.7. The van der Waals surface area contributed by atoms with E-state index in [1.807, 2.05) is 24.3 Å². The highest BCUT2D eigenvalue weighted by Crippen LogP contribution is 2.33. The number of hydrogen-bond donors (Lipinski definition) is 3. The molecule has 0 radical (unpaired) electrons. The quantitative estimate of drug-likeness (QED) is 0.390. The Morgan fingerprint density at radius 2 is 1.86 bits per heavy atom. The van der Waals surface area contributed by atoms with Crippen molar-refractivity contribution in [2.75, 3.05) is 18.8 Å². The Labute approximate surface area is 205 Å². The van der Waals surface area contributed by atoms with Crippen LogP contribution in [0.2, 0.25) is 0 Å². The van der Waals surface area contributed by atoms with Crippen LogP contribution in [0.3, 0.4) is 0 Å². The molecule has 184 valence electrons. The van der Waals surface area contributed by atoms with Gasteiger partial charge in [0.25, 0.3) is 5.91 Å². The van der Waals surface area contributed by atoms with E-state index in [1.54, 1.807) is 4.68 Å². The second kappa shape index (κ2) is 9.61. The van der Waals surface area contributed by atoms with Crippen LogP contribution >= 0.6 is 0 Å². The normalized spacial score (nSPS) is 15.7. The number of nitrogens with one attached hydrogen (secondary N) is 1. The zero-order valence-electron chi connectivity index (χ0n) is 19.3. The summed E-state index contributed by atoms with van der Waals surface area (Å²) in [6.07, 6.45) is 1.93. The number of nitrogens with zero attached hydrogens (tertiary/aromatic N) is 5. The van der Waals surface area contributed by atoms with Crippen molar-refractivity contribution in [3.63, 3.8) is 0 Å². The van der Waals surface area contributed by atoms with Crippen LogP contribution in [0.15, 0.2) is 54.9 Å². The molecular weight excluding hydrogens is 465 g/mol. The molecule has 1 aliphatic heterocycles. The number of fused-ring (bicyclic) bond motifs is 1. The van der Waals surface area contributed by atoms with E-state index in [2.05, 4.69) is 15.3 Å². The van der Waals surface area contributed by atoms with Gasteiger partial charge >= 0.3 is 6.09 Å². The van der Waals surface area contributed by atoms with Crippen LogP contribution in [0.1, 0.15) is 34.8 Å². The van der Waals surface area contributed by atoms with E-state index in [1.165, 1.54) is 35.5 Å². The number of aromatic nitrogens is 4. The SMILES string of the molecule is Nc1ncnc2c1c(-c1ccc(CNC(=O)c3ccc(F)cc3)cc1)nn2[C@@H]1CCCN(C(=O)O)C1. The van der Waals surface area contributed by atoms with Gasteiger partial charge in [0.05, 0.1) is 11.4 Å². The molecule has 2 aromatic heterocycles. The molecule has 4 aromatic rings. The van der Waals surface area contributed by atoms with Crippen molar-refractivity contribution in [3.05, 3.63) is 71.8 Å². The van der Waals surface area contributed by atoms with Gasteiger partial charge in [-0.05, 0) is 42.7 Å². The molecule has 0 aliphatic carbocycles. The Balaban J connectivity index is 1.39. The van der Waals surface area contributed by atoms with Crippen molar-refractivity contribution in [2.24, 2.45) is 0 Å². The number of nitrogens with two attached hydrogens (primary N) is 1. The van der Waals surface area contributed by atoms with Crippen molar-refractivity contribution in [1.29, 1.82) is 0 Å². The first-order valence-corrected chi connectivity index (χ1v) is 11.5. The summed E-state index contributed by atoms with van der Waals surface area (Å²) >= 11 is 0.